The Bertz CT molecular complexity index is 1180. The fourth-order valence-electron chi connectivity index (χ4n) is 4.12. The highest BCUT2D eigenvalue weighted by atomic mass is 32.2. The Morgan fingerprint density at radius 2 is 1.66 bits per heavy atom. The monoisotopic (exact) mass is 499 g/mol. The number of nitrogens with zero attached hydrogens (tertiary/aromatic N) is 2. The van der Waals surface area contributed by atoms with Gasteiger partial charge in [0.1, 0.15) is 5.54 Å². The molecule has 3 rings (SSSR count). The summed E-state index contributed by atoms with van der Waals surface area (Å²) in [4.78, 5) is 25.7. The number of nitriles is 1. The molecule has 2 aromatic rings. The molecule has 35 heavy (non-hydrogen) atoms. The van der Waals surface area contributed by atoms with Crippen molar-refractivity contribution in [3.05, 3.63) is 54.1 Å². The number of rotatable bonds is 9. The molecule has 1 saturated heterocycles. The lowest BCUT2D eigenvalue weighted by Crippen LogP contribution is -2.61. The molecule has 9 nitrogen and oxygen atoms in total. The third kappa shape index (κ3) is 6.38. The SMILES string of the molecule is CCCS(=O)(=O)c1ccc(-c2ccc(CCN(C#N)C(=O)C3(NC(=O)O)CCOCC3)cc2)cc1. The van der Waals surface area contributed by atoms with Gasteiger partial charge in [0.05, 0.1) is 10.6 Å². The van der Waals surface area contributed by atoms with E-state index in [1.165, 1.54) is 0 Å². The van der Waals surface area contributed by atoms with Crippen molar-refractivity contribution in [2.45, 2.75) is 43.0 Å². The number of carbonyl (C=O) groups is 2. The minimum atomic E-state index is -3.26. The van der Waals surface area contributed by atoms with Gasteiger partial charge in [-0.3, -0.25) is 4.79 Å². The molecule has 0 atom stereocenters. The van der Waals surface area contributed by atoms with E-state index in [1.54, 1.807) is 24.3 Å². The quantitative estimate of drug-likeness (QED) is 0.399. The van der Waals surface area contributed by atoms with E-state index >= 15 is 0 Å². The summed E-state index contributed by atoms with van der Waals surface area (Å²) in [5.74, 6) is -0.453. The van der Waals surface area contributed by atoms with Crippen LogP contribution in [0.2, 0.25) is 0 Å². The first-order valence-corrected chi connectivity index (χ1v) is 13.1. The Hall–Kier alpha value is -3.42. The van der Waals surface area contributed by atoms with Gasteiger partial charge in [0, 0.05) is 32.6 Å². The van der Waals surface area contributed by atoms with Crippen LogP contribution in [0.3, 0.4) is 0 Å². The highest BCUT2D eigenvalue weighted by Crippen LogP contribution is 2.25. The van der Waals surface area contributed by atoms with Crippen LogP contribution < -0.4 is 5.32 Å². The van der Waals surface area contributed by atoms with E-state index in [4.69, 9.17) is 4.74 Å². The molecule has 0 bridgehead atoms. The normalized spacial score (nSPS) is 15.1. The first kappa shape index (κ1) is 26.2. The summed E-state index contributed by atoms with van der Waals surface area (Å²) >= 11 is 0. The molecule has 0 unspecified atom stereocenters. The Morgan fingerprint density at radius 1 is 1.09 bits per heavy atom. The lowest BCUT2D eigenvalue weighted by molar-refractivity contribution is -0.139. The molecule has 0 radical (unpaired) electrons. The maximum absolute atomic E-state index is 13.1. The molecule has 0 spiro atoms. The molecular weight excluding hydrogens is 470 g/mol. The minimum absolute atomic E-state index is 0.114. The van der Waals surface area contributed by atoms with Crippen LogP contribution in [0.25, 0.3) is 11.1 Å². The summed E-state index contributed by atoms with van der Waals surface area (Å²) in [6.07, 6.45) is 1.89. The second kappa shape index (κ2) is 11.3. The summed E-state index contributed by atoms with van der Waals surface area (Å²) in [5.41, 5.74) is 1.33. The van der Waals surface area contributed by atoms with Gasteiger partial charge in [-0.25, -0.2) is 18.1 Å². The zero-order valence-electron chi connectivity index (χ0n) is 19.6. The zero-order chi connectivity index (χ0) is 25.5. The molecule has 10 heteroatoms. The Balaban J connectivity index is 1.66. The van der Waals surface area contributed by atoms with E-state index in [0.717, 1.165) is 21.6 Å². The van der Waals surface area contributed by atoms with Gasteiger partial charge in [-0.1, -0.05) is 43.3 Å². The van der Waals surface area contributed by atoms with E-state index < -0.39 is 27.4 Å². The number of carbonyl (C=O) groups excluding carboxylic acids is 1. The van der Waals surface area contributed by atoms with Crippen molar-refractivity contribution in [1.29, 1.82) is 5.26 Å². The summed E-state index contributed by atoms with van der Waals surface area (Å²) in [7, 11) is -3.26. The molecule has 0 aliphatic carbocycles. The lowest BCUT2D eigenvalue weighted by atomic mass is 9.88. The van der Waals surface area contributed by atoms with Crippen molar-refractivity contribution < 1.29 is 27.9 Å². The molecule has 2 aromatic carbocycles. The third-order valence-corrected chi connectivity index (χ3v) is 8.00. The van der Waals surface area contributed by atoms with Crippen LogP contribution in [0.1, 0.15) is 31.7 Å². The van der Waals surface area contributed by atoms with Gasteiger partial charge in [-0.15, -0.1) is 0 Å². The molecule has 1 aliphatic heterocycles. The van der Waals surface area contributed by atoms with Crippen LogP contribution in [0.15, 0.2) is 53.4 Å². The molecule has 0 saturated carbocycles. The molecule has 2 N–H and O–H groups in total. The first-order valence-electron chi connectivity index (χ1n) is 11.4. The van der Waals surface area contributed by atoms with Gasteiger partial charge in [0.15, 0.2) is 16.0 Å². The molecule has 1 fully saturated rings. The third-order valence-electron chi connectivity index (χ3n) is 6.07. The lowest BCUT2D eigenvalue weighted by Gasteiger charge is -2.37. The summed E-state index contributed by atoms with van der Waals surface area (Å²) < 4.78 is 29.7. The number of hydrogen-bond donors (Lipinski definition) is 2. The number of nitrogens with one attached hydrogen (secondary N) is 1. The fourth-order valence-corrected chi connectivity index (χ4v) is 5.44. The van der Waals surface area contributed by atoms with Crippen molar-refractivity contribution in [2.24, 2.45) is 0 Å². The van der Waals surface area contributed by atoms with Crippen LogP contribution in [-0.4, -0.2) is 61.5 Å². The zero-order valence-corrected chi connectivity index (χ0v) is 20.4. The Kier molecular flexibility index (Phi) is 8.48. The van der Waals surface area contributed by atoms with Gasteiger partial charge >= 0.3 is 6.09 Å². The summed E-state index contributed by atoms with van der Waals surface area (Å²) in [6, 6.07) is 14.3. The van der Waals surface area contributed by atoms with E-state index in [2.05, 4.69) is 5.32 Å². The molecule has 0 aromatic heterocycles. The minimum Gasteiger partial charge on any atom is -0.465 e. The van der Waals surface area contributed by atoms with Crippen LogP contribution in [-0.2, 0) is 25.8 Å². The second-order valence-electron chi connectivity index (χ2n) is 8.47. The van der Waals surface area contributed by atoms with Gasteiger partial charge in [-0.2, -0.15) is 5.26 Å². The van der Waals surface area contributed by atoms with Gasteiger partial charge in [-0.05, 0) is 41.7 Å². The molecule has 186 valence electrons. The van der Waals surface area contributed by atoms with Crippen LogP contribution in [0.5, 0.6) is 0 Å². The highest BCUT2D eigenvalue weighted by molar-refractivity contribution is 7.91. The number of carboxylic acid groups (broad SMARTS) is 1. The van der Waals surface area contributed by atoms with Crippen molar-refractivity contribution in [3.63, 3.8) is 0 Å². The van der Waals surface area contributed by atoms with Crippen LogP contribution in [0, 0.1) is 11.5 Å². The molecule has 1 heterocycles. The van der Waals surface area contributed by atoms with E-state index in [-0.39, 0.29) is 38.4 Å². The average molecular weight is 500 g/mol. The predicted molar refractivity (Wildman–Crippen MR) is 129 cm³/mol. The van der Waals surface area contributed by atoms with Crippen molar-refractivity contribution in [3.8, 4) is 17.3 Å². The fraction of sp³-hybridized carbons (Fsp3) is 0.400. The first-order chi connectivity index (χ1) is 16.7. The Labute approximate surface area is 205 Å². The number of ether oxygens (including phenoxy) is 1. The average Bonchev–Trinajstić information content (AvgIpc) is 2.85. The molecular formula is C25H29N3O6S. The maximum Gasteiger partial charge on any atom is 0.405 e. The standard InChI is InChI=1S/C25H29N3O6S/c1-2-17-35(32,33)22-9-7-21(8-10-22)20-5-3-19(4-6-20)11-14-28(18-26)23(29)25(27-24(30)31)12-15-34-16-13-25/h3-10,27H,2,11-17H2,1H3,(H,30,31). The van der Waals surface area contributed by atoms with Crippen molar-refractivity contribution in [1.82, 2.24) is 10.2 Å². The number of hydrogen-bond acceptors (Lipinski definition) is 6. The van der Waals surface area contributed by atoms with E-state index in [0.29, 0.717) is 17.7 Å². The number of sulfone groups is 1. The van der Waals surface area contributed by atoms with E-state index in [1.807, 2.05) is 37.4 Å². The largest absolute Gasteiger partial charge is 0.465 e. The summed E-state index contributed by atoms with van der Waals surface area (Å²) in [6.45, 7) is 2.41. The van der Waals surface area contributed by atoms with Gasteiger partial charge < -0.3 is 15.2 Å². The second-order valence-corrected chi connectivity index (χ2v) is 10.6. The van der Waals surface area contributed by atoms with Crippen LogP contribution >= 0.6 is 0 Å². The topological polar surface area (TPSA) is 137 Å². The summed E-state index contributed by atoms with van der Waals surface area (Å²) in [5, 5.41) is 21.1. The Morgan fingerprint density at radius 3 is 2.17 bits per heavy atom. The molecule has 1 aliphatic rings. The maximum atomic E-state index is 13.1. The van der Waals surface area contributed by atoms with Gasteiger partial charge in [0.2, 0.25) is 0 Å². The highest BCUT2D eigenvalue weighted by Gasteiger charge is 2.44. The number of benzene rings is 2. The number of amides is 2. The van der Waals surface area contributed by atoms with Crippen molar-refractivity contribution >= 4 is 21.8 Å². The predicted octanol–water partition coefficient (Wildman–Crippen LogP) is 3.21. The molecule has 2 amide bonds. The van der Waals surface area contributed by atoms with Crippen molar-refractivity contribution in [2.75, 3.05) is 25.5 Å². The smallest absolute Gasteiger partial charge is 0.405 e. The van der Waals surface area contributed by atoms with Gasteiger partial charge in [0.25, 0.3) is 5.91 Å². The van der Waals surface area contributed by atoms with Crippen LogP contribution in [0.4, 0.5) is 4.79 Å². The van der Waals surface area contributed by atoms with E-state index in [9.17, 15) is 28.4 Å².